The summed E-state index contributed by atoms with van der Waals surface area (Å²) in [5, 5.41) is 15.1. The van der Waals surface area contributed by atoms with Crippen molar-refractivity contribution in [1.82, 2.24) is 15.1 Å². The van der Waals surface area contributed by atoms with Crippen LogP contribution < -0.4 is 10.1 Å². The summed E-state index contributed by atoms with van der Waals surface area (Å²) in [5.74, 6) is 0.422. The molecule has 1 aromatic rings. The quantitative estimate of drug-likeness (QED) is 0.638. The van der Waals surface area contributed by atoms with Crippen LogP contribution in [0, 0.1) is 6.92 Å². The Labute approximate surface area is 193 Å². The van der Waals surface area contributed by atoms with Gasteiger partial charge < -0.3 is 20.1 Å². The third-order valence-electron chi connectivity index (χ3n) is 7.31. The summed E-state index contributed by atoms with van der Waals surface area (Å²) in [6.45, 7) is 11.2. The Balaban J connectivity index is 2.70. The van der Waals surface area contributed by atoms with Gasteiger partial charge in [0.25, 0.3) is 0 Å². The van der Waals surface area contributed by atoms with Crippen molar-refractivity contribution in [2.75, 3.05) is 33.8 Å². The van der Waals surface area contributed by atoms with Gasteiger partial charge in [0.1, 0.15) is 5.75 Å². The molecule has 1 aromatic carbocycles. The molecule has 7 heteroatoms. The zero-order valence-electron chi connectivity index (χ0n) is 20.8. The molecule has 2 rings (SSSR count). The predicted octanol–water partition coefficient (Wildman–Crippen LogP) is 3.46. The van der Waals surface area contributed by atoms with E-state index >= 15 is 0 Å². The van der Waals surface area contributed by atoms with E-state index in [9.17, 15) is 14.7 Å². The van der Waals surface area contributed by atoms with Crippen molar-refractivity contribution in [3.8, 4) is 5.75 Å². The summed E-state index contributed by atoms with van der Waals surface area (Å²) in [6, 6.07) is 5.30. The van der Waals surface area contributed by atoms with Crippen LogP contribution in [0.3, 0.4) is 0 Å². The van der Waals surface area contributed by atoms with Gasteiger partial charge in [0, 0.05) is 31.0 Å². The highest BCUT2D eigenvalue weighted by molar-refractivity contribution is 5.95. The van der Waals surface area contributed by atoms with Crippen LogP contribution in [0.4, 0.5) is 4.79 Å². The second-order valence-electron chi connectivity index (χ2n) is 8.99. The van der Waals surface area contributed by atoms with Gasteiger partial charge in [-0.3, -0.25) is 9.69 Å². The highest BCUT2D eigenvalue weighted by atomic mass is 16.5. The number of nitrogens with one attached hydrogen (secondary N) is 1. The maximum Gasteiger partial charge on any atom is 0.324 e. The second kappa shape index (κ2) is 10.7. The van der Waals surface area contributed by atoms with Crippen LogP contribution in [0.25, 0.3) is 0 Å². The normalized spacial score (nSPS) is 25.9. The van der Waals surface area contributed by atoms with E-state index < -0.39 is 17.0 Å². The number of piperidine rings is 1. The van der Waals surface area contributed by atoms with Crippen molar-refractivity contribution in [2.45, 2.75) is 77.4 Å². The summed E-state index contributed by atoms with van der Waals surface area (Å²) in [5.41, 5.74) is -0.0637. The van der Waals surface area contributed by atoms with Crippen molar-refractivity contribution in [3.05, 3.63) is 29.3 Å². The van der Waals surface area contributed by atoms with E-state index in [2.05, 4.69) is 17.1 Å². The number of aryl methyl sites for hydroxylation is 1. The molecule has 0 aromatic heterocycles. The lowest BCUT2D eigenvalue weighted by Crippen LogP contribution is -2.68. The third-order valence-corrected chi connectivity index (χ3v) is 7.31. The molecule has 2 N–H and O–H groups in total. The minimum atomic E-state index is -1.15. The topological polar surface area (TPSA) is 82.1 Å². The number of hydrogen-bond acceptors (Lipinski definition) is 5. The zero-order valence-corrected chi connectivity index (χ0v) is 20.8. The van der Waals surface area contributed by atoms with E-state index in [0.29, 0.717) is 25.1 Å². The van der Waals surface area contributed by atoms with Crippen LogP contribution in [0.1, 0.15) is 64.5 Å². The molecule has 0 bridgehead atoms. The largest absolute Gasteiger partial charge is 0.497 e. The number of urea groups is 1. The number of nitrogens with zero attached hydrogens (tertiary/aromatic N) is 2. The number of likely N-dealkylation sites (tertiary alicyclic amines) is 1. The van der Waals surface area contributed by atoms with Crippen LogP contribution >= 0.6 is 0 Å². The van der Waals surface area contributed by atoms with Crippen LogP contribution in [-0.4, -0.2) is 72.3 Å². The van der Waals surface area contributed by atoms with E-state index in [4.69, 9.17) is 4.74 Å². The molecule has 1 fully saturated rings. The number of methoxy groups -OCH3 is 1. The van der Waals surface area contributed by atoms with Crippen LogP contribution in [0.2, 0.25) is 0 Å². The number of rotatable bonds is 8. The van der Waals surface area contributed by atoms with E-state index in [0.717, 1.165) is 24.1 Å². The molecule has 7 nitrogen and oxygen atoms in total. The Kier molecular flexibility index (Phi) is 8.71. The van der Waals surface area contributed by atoms with Gasteiger partial charge in [-0.2, -0.15) is 0 Å². The van der Waals surface area contributed by atoms with Gasteiger partial charge in [-0.05, 0) is 77.4 Å². The molecule has 180 valence electrons. The second-order valence-corrected chi connectivity index (χ2v) is 8.99. The smallest absolute Gasteiger partial charge is 0.324 e. The summed E-state index contributed by atoms with van der Waals surface area (Å²) < 4.78 is 5.51. The van der Waals surface area contributed by atoms with Gasteiger partial charge in [0.15, 0.2) is 0 Å². The lowest BCUT2D eigenvalue weighted by Gasteiger charge is -2.57. The fourth-order valence-corrected chi connectivity index (χ4v) is 5.35. The van der Waals surface area contributed by atoms with Crippen molar-refractivity contribution in [3.63, 3.8) is 0 Å². The number of imide groups is 1. The Hall–Kier alpha value is -2.12. The molecule has 3 atom stereocenters. The number of benzene rings is 1. The Morgan fingerprint density at radius 1 is 1.31 bits per heavy atom. The highest BCUT2D eigenvalue weighted by Gasteiger charge is 2.58. The first kappa shape index (κ1) is 26.1. The first-order chi connectivity index (χ1) is 15.1. The molecular formula is C25H41N3O4. The molecule has 0 saturated carbocycles. The molecule has 0 aliphatic carbocycles. The highest BCUT2D eigenvalue weighted by Crippen LogP contribution is 2.51. The summed E-state index contributed by atoms with van der Waals surface area (Å²) in [4.78, 5) is 29.6. The standard InChI is InChI=1S/C25H41N3O4/c1-8-13-25(31)19(5)27(6)15-14-24(25,21-16-20(32-7)12-11-18(21)4)17-22(29)28(10-3)23(30)26-9-2/h11-12,16,19,31H,8-10,13-15,17H2,1-7H3,(H,26,30)/t19?,24-,25?/m1/s1. The number of likely N-dealkylation sites (N-methyl/N-ethyl adjacent to an activating group) is 1. The molecule has 32 heavy (non-hydrogen) atoms. The summed E-state index contributed by atoms with van der Waals surface area (Å²) in [6.07, 6.45) is 1.99. The average Bonchev–Trinajstić information content (AvgIpc) is 2.76. The van der Waals surface area contributed by atoms with E-state index in [1.807, 2.05) is 46.0 Å². The monoisotopic (exact) mass is 447 g/mol. The number of aliphatic hydroxyl groups is 1. The zero-order chi connectivity index (χ0) is 24.1. The van der Waals surface area contributed by atoms with E-state index in [-0.39, 0.29) is 24.9 Å². The van der Waals surface area contributed by atoms with Crippen molar-refractivity contribution in [2.24, 2.45) is 0 Å². The molecule has 1 heterocycles. The minimum absolute atomic E-state index is 0.0562. The van der Waals surface area contributed by atoms with Gasteiger partial charge in [-0.15, -0.1) is 0 Å². The number of hydrogen-bond donors (Lipinski definition) is 2. The third kappa shape index (κ3) is 4.64. The van der Waals surface area contributed by atoms with Crippen molar-refractivity contribution < 1.29 is 19.4 Å². The lowest BCUT2D eigenvalue weighted by atomic mass is 9.56. The maximum atomic E-state index is 13.6. The van der Waals surface area contributed by atoms with E-state index in [1.54, 1.807) is 14.0 Å². The first-order valence-corrected chi connectivity index (χ1v) is 11.8. The molecule has 3 amide bonds. The van der Waals surface area contributed by atoms with Gasteiger partial charge >= 0.3 is 6.03 Å². The summed E-state index contributed by atoms with van der Waals surface area (Å²) in [7, 11) is 3.64. The number of ether oxygens (including phenoxy) is 1. The number of amides is 3. The Morgan fingerprint density at radius 2 is 2.00 bits per heavy atom. The molecular weight excluding hydrogens is 406 g/mol. The fraction of sp³-hybridized carbons (Fsp3) is 0.680. The van der Waals surface area contributed by atoms with Gasteiger partial charge in [0.2, 0.25) is 5.91 Å². The fourth-order valence-electron chi connectivity index (χ4n) is 5.35. The molecule has 1 aliphatic heterocycles. The minimum Gasteiger partial charge on any atom is -0.497 e. The molecule has 0 spiro atoms. The van der Waals surface area contributed by atoms with Gasteiger partial charge in [-0.25, -0.2) is 4.79 Å². The van der Waals surface area contributed by atoms with Gasteiger partial charge in [-0.1, -0.05) is 19.4 Å². The maximum absolute atomic E-state index is 13.6. The van der Waals surface area contributed by atoms with Crippen molar-refractivity contribution >= 4 is 11.9 Å². The van der Waals surface area contributed by atoms with Crippen LogP contribution in [0.15, 0.2) is 18.2 Å². The van der Waals surface area contributed by atoms with Crippen molar-refractivity contribution in [1.29, 1.82) is 0 Å². The number of carbonyl (C=O) groups excluding carboxylic acids is 2. The molecule has 0 radical (unpaired) electrons. The van der Waals surface area contributed by atoms with E-state index in [1.165, 1.54) is 4.90 Å². The molecule has 2 unspecified atom stereocenters. The predicted molar refractivity (Wildman–Crippen MR) is 127 cm³/mol. The average molecular weight is 448 g/mol. The number of carbonyl (C=O) groups is 2. The van der Waals surface area contributed by atoms with Gasteiger partial charge in [0.05, 0.1) is 12.7 Å². The Bertz CT molecular complexity index is 814. The first-order valence-electron chi connectivity index (χ1n) is 11.8. The summed E-state index contributed by atoms with van der Waals surface area (Å²) >= 11 is 0. The SMILES string of the molecule is CCCC1(O)C(C)N(C)CC[C@@]1(CC(=O)N(CC)C(=O)NCC)c1cc(OC)ccc1C. The Morgan fingerprint density at radius 3 is 2.56 bits per heavy atom. The molecule has 1 saturated heterocycles. The van der Waals surface area contributed by atoms with Crippen LogP contribution in [0.5, 0.6) is 5.75 Å². The van der Waals surface area contributed by atoms with Crippen LogP contribution in [-0.2, 0) is 10.2 Å². The molecule has 1 aliphatic rings. The lowest BCUT2D eigenvalue weighted by molar-refractivity contribution is -0.151.